The van der Waals surface area contributed by atoms with Crippen LogP contribution in [0.25, 0.3) is 11.0 Å². The third-order valence-corrected chi connectivity index (χ3v) is 5.67. The van der Waals surface area contributed by atoms with Crippen molar-refractivity contribution in [1.82, 2.24) is 14.9 Å². The summed E-state index contributed by atoms with van der Waals surface area (Å²) in [6.07, 6.45) is 4.59. The van der Waals surface area contributed by atoms with Gasteiger partial charge in [0, 0.05) is 24.1 Å². The lowest BCUT2D eigenvalue weighted by molar-refractivity contribution is 0.0595. The normalized spacial score (nSPS) is 22.0. The molecule has 1 aliphatic heterocycles. The zero-order valence-corrected chi connectivity index (χ0v) is 13.8. The van der Waals surface area contributed by atoms with E-state index in [2.05, 4.69) is 9.97 Å². The molecule has 2 aliphatic rings. The number of aromatic amines is 1. The largest absolute Gasteiger partial charge is 0.508 e. The molecular weight excluding hydrogens is 314 g/mol. The number of carbonyl (C=O) groups excluding carboxylic acids is 1. The lowest BCUT2D eigenvalue weighted by Crippen LogP contribution is -2.46. The number of nitrogens with one attached hydrogen (secondary N) is 1. The SMILES string of the molecule is O=C(c1ccc2[nH]cnc2c1)N1CCC[C@H]2c3cc(O)ccc3C[C@H]21. The predicted molar refractivity (Wildman–Crippen MR) is 94.7 cm³/mol. The Morgan fingerprint density at radius 1 is 1.24 bits per heavy atom. The third kappa shape index (κ3) is 2.22. The first-order valence-corrected chi connectivity index (χ1v) is 8.76. The van der Waals surface area contributed by atoms with E-state index in [9.17, 15) is 9.90 Å². The molecule has 5 heteroatoms. The Bertz CT molecular complexity index is 978. The fourth-order valence-electron chi connectivity index (χ4n) is 4.49. The second-order valence-electron chi connectivity index (χ2n) is 7.04. The molecule has 126 valence electrons. The monoisotopic (exact) mass is 333 g/mol. The first-order chi connectivity index (χ1) is 12.2. The number of aromatic hydroxyl groups is 1. The molecule has 1 fully saturated rings. The number of rotatable bonds is 1. The van der Waals surface area contributed by atoms with Gasteiger partial charge >= 0.3 is 0 Å². The van der Waals surface area contributed by atoms with Gasteiger partial charge in [-0.2, -0.15) is 0 Å². The Labute approximate surface area is 145 Å². The van der Waals surface area contributed by atoms with Gasteiger partial charge in [-0.1, -0.05) is 6.07 Å². The van der Waals surface area contributed by atoms with E-state index in [4.69, 9.17) is 0 Å². The number of likely N-dealkylation sites (tertiary alicyclic amines) is 1. The third-order valence-electron chi connectivity index (χ3n) is 5.67. The van der Waals surface area contributed by atoms with E-state index in [1.807, 2.05) is 35.2 Å². The fraction of sp³-hybridized carbons (Fsp3) is 0.300. The highest BCUT2D eigenvalue weighted by Gasteiger charge is 2.41. The summed E-state index contributed by atoms with van der Waals surface area (Å²) >= 11 is 0. The lowest BCUT2D eigenvalue weighted by atomic mass is 9.88. The van der Waals surface area contributed by atoms with E-state index in [0.29, 0.717) is 17.2 Å². The number of fused-ring (bicyclic) bond motifs is 4. The van der Waals surface area contributed by atoms with Crippen molar-refractivity contribution in [2.24, 2.45) is 0 Å². The molecule has 25 heavy (non-hydrogen) atoms. The molecular formula is C20H19N3O2. The minimum atomic E-state index is 0.0802. The summed E-state index contributed by atoms with van der Waals surface area (Å²) in [7, 11) is 0. The van der Waals surface area contributed by atoms with E-state index in [1.54, 1.807) is 12.4 Å². The topological polar surface area (TPSA) is 69.2 Å². The average molecular weight is 333 g/mol. The Hall–Kier alpha value is -2.82. The molecule has 0 unspecified atom stereocenters. The van der Waals surface area contributed by atoms with Crippen molar-refractivity contribution in [3.63, 3.8) is 0 Å². The van der Waals surface area contributed by atoms with Gasteiger partial charge in [-0.25, -0.2) is 4.98 Å². The highest BCUT2D eigenvalue weighted by molar-refractivity contribution is 5.97. The molecule has 2 N–H and O–H groups in total. The predicted octanol–water partition coefficient (Wildman–Crippen LogP) is 3.21. The number of hydrogen-bond donors (Lipinski definition) is 2. The Morgan fingerprint density at radius 2 is 2.16 bits per heavy atom. The maximum absolute atomic E-state index is 13.2. The molecule has 3 aromatic rings. The summed E-state index contributed by atoms with van der Waals surface area (Å²) in [6, 6.07) is 11.5. The van der Waals surface area contributed by atoms with Crippen LogP contribution in [0.1, 0.15) is 40.2 Å². The highest BCUT2D eigenvalue weighted by atomic mass is 16.3. The molecule has 2 atom stereocenters. The fourth-order valence-corrected chi connectivity index (χ4v) is 4.49. The number of imidazole rings is 1. The maximum atomic E-state index is 13.2. The number of piperidine rings is 1. The van der Waals surface area contributed by atoms with Gasteiger partial charge in [0.25, 0.3) is 5.91 Å². The standard InChI is InChI=1S/C20H19N3O2/c24-14-5-3-12-9-19-15(16(12)10-14)2-1-7-23(19)20(25)13-4-6-17-18(8-13)22-11-21-17/h3-6,8,10-11,15,19,24H,1-2,7,9H2,(H,21,22)/t15-,19+/m0/s1. The van der Waals surface area contributed by atoms with Gasteiger partial charge < -0.3 is 15.0 Å². The van der Waals surface area contributed by atoms with Crippen LogP contribution in [0.5, 0.6) is 5.75 Å². The van der Waals surface area contributed by atoms with Crippen LogP contribution in [-0.4, -0.2) is 38.5 Å². The average Bonchev–Trinajstić information content (AvgIpc) is 3.24. The number of amides is 1. The van der Waals surface area contributed by atoms with Crippen molar-refractivity contribution in [3.8, 4) is 5.75 Å². The van der Waals surface area contributed by atoms with Crippen LogP contribution in [0.15, 0.2) is 42.7 Å². The quantitative estimate of drug-likeness (QED) is 0.718. The molecule has 1 aliphatic carbocycles. The number of aromatic nitrogens is 2. The van der Waals surface area contributed by atoms with Crippen LogP contribution in [0.3, 0.4) is 0 Å². The van der Waals surface area contributed by atoms with E-state index < -0.39 is 0 Å². The van der Waals surface area contributed by atoms with Crippen molar-refractivity contribution in [2.75, 3.05) is 6.54 Å². The number of phenols is 1. The molecule has 0 radical (unpaired) electrons. The summed E-state index contributed by atoms with van der Waals surface area (Å²) in [6.45, 7) is 0.790. The van der Waals surface area contributed by atoms with Crippen LogP contribution in [-0.2, 0) is 6.42 Å². The second kappa shape index (κ2) is 5.34. The van der Waals surface area contributed by atoms with Crippen molar-refractivity contribution < 1.29 is 9.90 Å². The molecule has 5 rings (SSSR count). The summed E-state index contributed by atoms with van der Waals surface area (Å²) in [5.74, 6) is 0.720. The van der Waals surface area contributed by atoms with Crippen LogP contribution in [0.4, 0.5) is 0 Å². The molecule has 1 amide bonds. The minimum Gasteiger partial charge on any atom is -0.508 e. The summed E-state index contributed by atoms with van der Waals surface area (Å²) in [5.41, 5.74) is 4.93. The van der Waals surface area contributed by atoms with Crippen molar-refractivity contribution in [2.45, 2.75) is 31.2 Å². The van der Waals surface area contributed by atoms with E-state index in [-0.39, 0.29) is 11.9 Å². The van der Waals surface area contributed by atoms with Gasteiger partial charge in [0.15, 0.2) is 0 Å². The van der Waals surface area contributed by atoms with Crippen molar-refractivity contribution >= 4 is 16.9 Å². The van der Waals surface area contributed by atoms with Gasteiger partial charge in [0.2, 0.25) is 0 Å². The number of H-pyrrole nitrogens is 1. The van der Waals surface area contributed by atoms with E-state index in [1.165, 1.54) is 11.1 Å². The van der Waals surface area contributed by atoms with Gasteiger partial charge in [-0.3, -0.25) is 4.79 Å². The Balaban J connectivity index is 1.48. The summed E-state index contributed by atoms with van der Waals surface area (Å²) < 4.78 is 0. The second-order valence-corrected chi connectivity index (χ2v) is 7.04. The Morgan fingerprint density at radius 3 is 3.08 bits per heavy atom. The number of hydrogen-bond acceptors (Lipinski definition) is 3. The van der Waals surface area contributed by atoms with Crippen molar-refractivity contribution in [1.29, 1.82) is 0 Å². The molecule has 0 spiro atoms. The number of phenolic OH excluding ortho intramolecular Hbond substituents is 1. The number of nitrogens with zero attached hydrogens (tertiary/aromatic N) is 2. The van der Waals surface area contributed by atoms with Crippen LogP contribution in [0, 0.1) is 0 Å². The smallest absolute Gasteiger partial charge is 0.254 e. The molecule has 2 aromatic carbocycles. The first-order valence-electron chi connectivity index (χ1n) is 8.76. The molecule has 0 bridgehead atoms. The van der Waals surface area contributed by atoms with Crippen LogP contribution < -0.4 is 0 Å². The molecule has 5 nitrogen and oxygen atoms in total. The molecule has 0 saturated carbocycles. The van der Waals surface area contributed by atoms with Crippen molar-refractivity contribution in [3.05, 3.63) is 59.4 Å². The molecule has 2 heterocycles. The van der Waals surface area contributed by atoms with Gasteiger partial charge in [-0.05, 0) is 60.7 Å². The van der Waals surface area contributed by atoms with E-state index in [0.717, 1.165) is 36.8 Å². The summed E-state index contributed by atoms with van der Waals surface area (Å²) in [5, 5.41) is 9.83. The van der Waals surface area contributed by atoms with Crippen LogP contribution in [0.2, 0.25) is 0 Å². The number of carbonyl (C=O) groups is 1. The summed E-state index contributed by atoms with van der Waals surface area (Å²) in [4.78, 5) is 22.5. The zero-order valence-electron chi connectivity index (χ0n) is 13.8. The minimum absolute atomic E-state index is 0.0802. The van der Waals surface area contributed by atoms with Gasteiger partial charge in [-0.15, -0.1) is 0 Å². The van der Waals surface area contributed by atoms with Gasteiger partial charge in [0.05, 0.1) is 17.4 Å². The zero-order chi connectivity index (χ0) is 17.0. The lowest BCUT2D eigenvalue weighted by Gasteiger charge is -2.38. The number of benzene rings is 2. The maximum Gasteiger partial charge on any atom is 0.254 e. The first kappa shape index (κ1) is 14.5. The highest BCUT2D eigenvalue weighted by Crippen LogP contribution is 2.43. The Kier molecular flexibility index (Phi) is 3.10. The molecule has 1 saturated heterocycles. The molecule has 1 aromatic heterocycles. The van der Waals surface area contributed by atoms with E-state index >= 15 is 0 Å². The van der Waals surface area contributed by atoms with Gasteiger partial charge in [0.1, 0.15) is 5.75 Å². The van der Waals surface area contributed by atoms with Crippen LogP contribution >= 0.6 is 0 Å².